The van der Waals surface area contributed by atoms with Crippen molar-refractivity contribution in [2.45, 2.75) is 37.8 Å². The van der Waals surface area contributed by atoms with E-state index in [4.69, 9.17) is 11.6 Å². The third-order valence-corrected chi connectivity index (χ3v) is 4.55. The number of hydrogen-bond donors (Lipinski definition) is 2. The van der Waals surface area contributed by atoms with E-state index < -0.39 is 0 Å². The second-order valence-electron chi connectivity index (χ2n) is 5.57. The Balaban J connectivity index is 1.83. The number of hydrogen-bond acceptors (Lipinski definition) is 3. The summed E-state index contributed by atoms with van der Waals surface area (Å²) in [5.74, 6) is -0.106. The van der Waals surface area contributed by atoms with Gasteiger partial charge in [-0.2, -0.15) is 0 Å². The third-order valence-electron chi connectivity index (χ3n) is 4.31. The van der Waals surface area contributed by atoms with Gasteiger partial charge in [0.2, 0.25) is 0 Å². The maximum Gasteiger partial charge on any atom is 0.257 e. The summed E-state index contributed by atoms with van der Waals surface area (Å²) in [4.78, 5) is 14.6. The number of carbonyl (C=O) groups is 1. The average molecular weight is 295 g/mol. The lowest BCUT2D eigenvalue weighted by atomic mass is 10.0. The Labute approximate surface area is 123 Å². The lowest BCUT2D eigenvalue weighted by Crippen LogP contribution is -2.46. The van der Waals surface area contributed by atoms with Crippen molar-refractivity contribution in [2.75, 3.05) is 13.1 Å². The number of halogens is 1. The van der Waals surface area contributed by atoms with E-state index >= 15 is 0 Å². The highest BCUT2D eigenvalue weighted by atomic mass is 35.5. The first-order chi connectivity index (χ1) is 9.66. The van der Waals surface area contributed by atoms with E-state index in [1.165, 1.54) is 12.5 Å². The Morgan fingerprint density at radius 1 is 1.35 bits per heavy atom. The Bertz CT molecular complexity index is 515. The maximum atomic E-state index is 12.7. The number of nitrogens with one attached hydrogen (secondary N) is 1. The molecule has 0 bridgehead atoms. The van der Waals surface area contributed by atoms with Crippen molar-refractivity contribution in [3.63, 3.8) is 0 Å². The van der Waals surface area contributed by atoms with Crippen LogP contribution in [0.15, 0.2) is 18.2 Å². The number of aromatic hydroxyl groups is 1. The van der Waals surface area contributed by atoms with Crippen LogP contribution < -0.4 is 5.32 Å². The predicted molar refractivity (Wildman–Crippen MR) is 78.2 cm³/mol. The van der Waals surface area contributed by atoms with Gasteiger partial charge in [-0.3, -0.25) is 4.79 Å². The van der Waals surface area contributed by atoms with Gasteiger partial charge < -0.3 is 15.3 Å². The smallest absolute Gasteiger partial charge is 0.257 e. The van der Waals surface area contributed by atoms with Crippen molar-refractivity contribution in [1.82, 2.24) is 10.2 Å². The predicted octanol–water partition coefficient (Wildman–Crippen LogP) is 2.40. The largest absolute Gasteiger partial charge is 0.507 e. The quantitative estimate of drug-likeness (QED) is 0.881. The van der Waals surface area contributed by atoms with E-state index in [-0.39, 0.29) is 17.7 Å². The van der Waals surface area contributed by atoms with Crippen LogP contribution in [0.25, 0.3) is 0 Å². The summed E-state index contributed by atoms with van der Waals surface area (Å²) < 4.78 is 0. The molecule has 0 aromatic heterocycles. The molecule has 2 saturated heterocycles. The molecule has 4 nitrogen and oxygen atoms in total. The van der Waals surface area contributed by atoms with Gasteiger partial charge in [0.25, 0.3) is 5.91 Å². The molecule has 1 aromatic rings. The van der Waals surface area contributed by atoms with Crippen molar-refractivity contribution < 1.29 is 9.90 Å². The molecule has 108 valence electrons. The van der Waals surface area contributed by atoms with Crippen LogP contribution in [0.1, 0.15) is 36.0 Å². The summed E-state index contributed by atoms with van der Waals surface area (Å²) in [6.45, 7) is 1.79. The van der Waals surface area contributed by atoms with E-state index in [9.17, 15) is 9.90 Å². The summed E-state index contributed by atoms with van der Waals surface area (Å²) in [6.07, 6.45) is 4.35. The number of rotatable bonds is 2. The monoisotopic (exact) mass is 294 g/mol. The molecule has 0 radical (unpaired) electrons. The molecule has 0 aliphatic carbocycles. The lowest BCUT2D eigenvalue weighted by molar-refractivity contribution is 0.0708. The van der Waals surface area contributed by atoms with Gasteiger partial charge in [-0.1, -0.05) is 11.6 Å². The summed E-state index contributed by atoms with van der Waals surface area (Å²) >= 11 is 5.94. The zero-order valence-electron chi connectivity index (χ0n) is 11.3. The fourth-order valence-corrected chi connectivity index (χ4v) is 3.51. The fourth-order valence-electron chi connectivity index (χ4n) is 3.34. The number of carbonyl (C=O) groups excluding carboxylic acids is 1. The van der Waals surface area contributed by atoms with E-state index in [1.807, 2.05) is 4.90 Å². The molecule has 2 N–H and O–H groups in total. The number of likely N-dealkylation sites (tertiary alicyclic amines) is 1. The molecular weight excluding hydrogens is 276 g/mol. The normalized spacial score (nSPS) is 26.1. The van der Waals surface area contributed by atoms with Gasteiger partial charge in [0.15, 0.2) is 0 Å². The fraction of sp³-hybridized carbons (Fsp3) is 0.533. The van der Waals surface area contributed by atoms with E-state index in [1.54, 1.807) is 12.1 Å². The molecule has 2 aliphatic rings. The summed E-state index contributed by atoms with van der Waals surface area (Å²) in [6, 6.07) is 5.25. The molecule has 1 amide bonds. The molecule has 0 saturated carbocycles. The van der Waals surface area contributed by atoms with E-state index in [0.717, 1.165) is 32.4 Å². The van der Waals surface area contributed by atoms with Gasteiger partial charge in [-0.05, 0) is 50.4 Å². The minimum absolute atomic E-state index is 0.00410. The standard InChI is InChI=1S/C15H19ClN2O2/c16-10-5-6-14(19)11(9-10)15(20)18-8-2-4-13(18)12-3-1-7-17-12/h5-6,9,12-13,17,19H,1-4,7-8H2. The minimum atomic E-state index is -0.110. The van der Waals surface area contributed by atoms with Crippen LogP contribution in [0.2, 0.25) is 5.02 Å². The van der Waals surface area contributed by atoms with Gasteiger partial charge >= 0.3 is 0 Å². The molecule has 3 rings (SSSR count). The zero-order valence-corrected chi connectivity index (χ0v) is 12.1. The van der Waals surface area contributed by atoms with Crippen LogP contribution in [0, 0.1) is 0 Å². The van der Waals surface area contributed by atoms with Crippen molar-refractivity contribution in [3.8, 4) is 5.75 Å². The average Bonchev–Trinajstić information content (AvgIpc) is 3.10. The zero-order chi connectivity index (χ0) is 14.1. The first-order valence-corrected chi connectivity index (χ1v) is 7.57. The number of phenolic OH excluding ortho intramolecular Hbond substituents is 1. The third kappa shape index (κ3) is 2.50. The van der Waals surface area contributed by atoms with E-state index in [2.05, 4.69) is 5.32 Å². The second kappa shape index (κ2) is 5.62. The highest BCUT2D eigenvalue weighted by Crippen LogP contribution is 2.29. The molecule has 2 unspecified atom stereocenters. The Hall–Kier alpha value is -1.26. The minimum Gasteiger partial charge on any atom is -0.507 e. The van der Waals surface area contributed by atoms with Gasteiger partial charge in [0.05, 0.1) is 5.56 Å². The Morgan fingerprint density at radius 3 is 2.95 bits per heavy atom. The maximum absolute atomic E-state index is 12.7. The van der Waals surface area contributed by atoms with Crippen LogP contribution in [-0.2, 0) is 0 Å². The number of phenols is 1. The first kappa shape index (κ1) is 13.7. The number of benzene rings is 1. The molecule has 5 heteroatoms. The van der Waals surface area contributed by atoms with Gasteiger partial charge in [-0.15, -0.1) is 0 Å². The van der Waals surface area contributed by atoms with E-state index in [0.29, 0.717) is 16.6 Å². The summed E-state index contributed by atoms with van der Waals surface area (Å²) in [5.41, 5.74) is 0.308. The Morgan fingerprint density at radius 2 is 2.20 bits per heavy atom. The van der Waals surface area contributed by atoms with Crippen molar-refractivity contribution >= 4 is 17.5 Å². The topological polar surface area (TPSA) is 52.6 Å². The molecule has 1 aromatic carbocycles. The highest BCUT2D eigenvalue weighted by Gasteiger charge is 2.36. The van der Waals surface area contributed by atoms with Crippen molar-refractivity contribution in [2.24, 2.45) is 0 Å². The number of amides is 1. The van der Waals surface area contributed by atoms with Gasteiger partial charge in [0, 0.05) is 23.7 Å². The van der Waals surface area contributed by atoms with Crippen LogP contribution in [-0.4, -0.2) is 41.1 Å². The molecule has 20 heavy (non-hydrogen) atoms. The molecule has 0 spiro atoms. The summed E-state index contributed by atoms with van der Waals surface area (Å²) in [7, 11) is 0. The van der Waals surface area contributed by atoms with Crippen LogP contribution in [0.4, 0.5) is 0 Å². The van der Waals surface area contributed by atoms with Gasteiger partial charge in [0.1, 0.15) is 5.75 Å². The van der Waals surface area contributed by atoms with Crippen molar-refractivity contribution in [1.29, 1.82) is 0 Å². The molecule has 2 aliphatic heterocycles. The summed E-state index contributed by atoms with van der Waals surface area (Å²) in [5, 5.41) is 13.8. The second-order valence-corrected chi connectivity index (χ2v) is 6.01. The SMILES string of the molecule is O=C(c1cc(Cl)ccc1O)N1CCCC1C1CCCN1. The molecular formula is C15H19ClN2O2. The lowest BCUT2D eigenvalue weighted by Gasteiger charge is -2.29. The highest BCUT2D eigenvalue weighted by molar-refractivity contribution is 6.31. The van der Waals surface area contributed by atoms with Crippen molar-refractivity contribution in [3.05, 3.63) is 28.8 Å². The molecule has 2 atom stereocenters. The number of nitrogens with zero attached hydrogens (tertiary/aromatic N) is 1. The van der Waals surface area contributed by atoms with Gasteiger partial charge in [-0.25, -0.2) is 0 Å². The Kier molecular flexibility index (Phi) is 3.85. The van der Waals surface area contributed by atoms with Crippen LogP contribution in [0.5, 0.6) is 5.75 Å². The van der Waals surface area contributed by atoms with Crippen LogP contribution in [0.3, 0.4) is 0 Å². The first-order valence-electron chi connectivity index (χ1n) is 7.19. The molecule has 2 fully saturated rings. The molecule has 2 heterocycles. The van der Waals surface area contributed by atoms with Crippen LogP contribution >= 0.6 is 11.6 Å².